The lowest BCUT2D eigenvalue weighted by atomic mass is 9.84. The number of phenolic OH excluding ortho intramolecular Hbond substituents is 1. The first-order chi connectivity index (χ1) is 10.1. The molecule has 4 nitrogen and oxygen atoms in total. The lowest BCUT2D eigenvalue weighted by molar-refractivity contribution is 0.102. The standard InChI is InChI=1S/C17H26N2O2/c1-12(20)15-6-5-14(10-17(15)21)19-9-7-16-13(11-19)4-3-8-18(16)2/h5-6,10,12-13,16,20-21H,3-4,7-9,11H2,1-2H3. The van der Waals surface area contributed by atoms with E-state index >= 15 is 0 Å². The first-order valence-electron chi connectivity index (χ1n) is 8.02. The first kappa shape index (κ1) is 14.7. The van der Waals surface area contributed by atoms with Crippen molar-refractivity contribution < 1.29 is 10.2 Å². The molecule has 2 N–H and O–H groups in total. The highest BCUT2D eigenvalue weighted by molar-refractivity contribution is 5.54. The third-order valence-electron chi connectivity index (χ3n) is 5.17. The number of fused-ring (bicyclic) bond motifs is 1. The molecule has 0 aromatic heterocycles. The number of aliphatic hydroxyl groups is 1. The van der Waals surface area contributed by atoms with Gasteiger partial charge in [0, 0.05) is 36.4 Å². The van der Waals surface area contributed by atoms with Gasteiger partial charge in [-0.15, -0.1) is 0 Å². The van der Waals surface area contributed by atoms with E-state index in [1.165, 1.54) is 25.8 Å². The fourth-order valence-electron chi connectivity index (χ4n) is 3.97. The molecule has 21 heavy (non-hydrogen) atoms. The van der Waals surface area contributed by atoms with Crippen LogP contribution in [0.25, 0.3) is 0 Å². The van der Waals surface area contributed by atoms with Gasteiger partial charge in [-0.1, -0.05) is 6.07 Å². The van der Waals surface area contributed by atoms with Crippen molar-refractivity contribution in [3.63, 3.8) is 0 Å². The van der Waals surface area contributed by atoms with Gasteiger partial charge in [-0.05, 0) is 51.8 Å². The second-order valence-corrected chi connectivity index (χ2v) is 6.60. The number of anilines is 1. The first-order valence-corrected chi connectivity index (χ1v) is 8.02. The second kappa shape index (κ2) is 5.85. The Labute approximate surface area is 127 Å². The van der Waals surface area contributed by atoms with Crippen LogP contribution in [0.4, 0.5) is 5.69 Å². The van der Waals surface area contributed by atoms with Crippen LogP contribution in [0.5, 0.6) is 5.75 Å². The van der Waals surface area contributed by atoms with Gasteiger partial charge in [-0.2, -0.15) is 0 Å². The Morgan fingerprint density at radius 3 is 2.76 bits per heavy atom. The van der Waals surface area contributed by atoms with Crippen molar-refractivity contribution in [2.24, 2.45) is 5.92 Å². The SMILES string of the molecule is CC(O)c1ccc(N2CCC3C(CCCN3C)C2)cc1O. The summed E-state index contributed by atoms with van der Waals surface area (Å²) in [5.41, 5.74) is 1.68. The molecule has 2 heterocycles. The lowest BCUT2D eigenvalue weighted by Gasteiger charge is -2.46. The largest absolute Gasteiger partial charge is 0.507 e. The highest BCUT2D eigenvalue weighted by Gasteiger charge is 2.34. The maximum atomic E-state index is 10.1. The normalized spacial score (nSPS) is 28.2. The van der Waals surface area contributed by atoms with E-state index in [1.54, 1.807) is 13.0 Å². The van der Waals surface area contributed by atoms with Crippen molar-refractivity contribution in [3.8, 4) is 5.75 Å². The van der Waals surface area contributed by atoms with Crippen molar-refractivity contribution in [1.82, 2.24) is 4.90 Å². The molecule has 1 aromatic carbocycles. The molecule has 116 valence electrons. The van der Waals surface area contributed by atoms with Crippen molar-refractivity contribution in [2.45, 2.75) is 38.3 Å². The van der Waals surface area contributed by atoms with E-state index in [4.69, 9.17) is 0 Å². The zero-order valence-electron chi connectivity index (χ0n) is 13.0. The number of hydrogen-bond donors (Lipinski definition) is 2. The van der Waals surface area contributed by atoms with Gasteiger partial charge < -0.3 is 20.0 Å². The number of hydrogen-bond acceptors (Lipinski definition) is 4. The van der Waals surface area contributed by atoms with Crippen LogP contribution in [0.3, 0.4) is 0 Å². The Hall–Kier alpha value is -1.26. The third-order valence-corrected chi connectivity index (χ3v) is 5.17. The van der Waals surface area contributed by atoms with Crippen LogP contribution in [0.1, 0.15) is 37.9 Å². The van der Waals surface area contributed by atoms with E-state index in [-0.39, 0.29) is 5.75 Å². The molecule has 3 rings (SSSR count). The Morgan fingerprint density at radius 1 is 1.24 bits per heavy atom. The Kier molecular flexibility index (Phi) is 4.09. The van der Waals surface area contributed by atoms with Crippen LogP contribution in [-0.4, -0.2) is 47.8 Å². The topological polar surface area (TPSA) is 46.9 Å². The molecule has 0 bridgehead atoms. The van der Waals surface area contributed by atoms with Gasteiger partial charge in [-0.3, -0.25) is 0 Å². The summed E-state index contributed by atoms with van der Waals surface area (Å²) in [6, 6.07) is 6.39. The molecule has 0 amide bonds. The summed E-state index contributed by atoms with van der Waals surface area (Å²) in [6.45, 7) is 5.02. The van der Waals surface area contributed by atoms with Gasteiger partial charge in [0.15, 0.2) is 0 Å². The molecule has 2 aliphatic rings. The van der Waals surface area contributed by atoms with E-state index in [0.717, 1.165) is 30.7 Å². The fourth-order valence-corrected chi connectivity index (χ4v) is 3.97. The van der Waals surface area contributed by atoms with Gasteiger partial charge in [0.05, 0.1) is 6.10 Å². The summed E-state index contributed by atoms with van der Waals surface area (Å²) >= 11 is 0. The van der Waals surface area contributed by atoms with E-state index in [2.05, 4.69) is 16.8 Å². The smallest absolute Gasteiger partial charge is 0.123 e. The van der Waals surface area contributed by atoms with E-state index in [1.807, 2.05) is 12.1 Å². The molecular formula is C17H26N2O2. The summed E-state index contributed by atoms with van der Waals surface area (Å²) in [5.74, 6) is 0.932. The average Bonchev–Trinajstić information content (AvgIpc) is 2.46. The van der Waals surface area contributed by atoms with Crippen LogP contribution < -0.4 is 4.90 Å². The second-order valence-electron chi connectivity index (χ2n) is 6.60. The molecule has 0 radical (unpaired) electrons. The summed E-state index contributed by atoms with van der Waals surface area (Å²) in [7, 11) is 2.25. The molecule has 2 fully saturated rings. The van der Waals surface area contributed by atoms with Crippen molar-refractivity contribution >= 4 is 5.69 Å². The number of benzene rings is 1. The molecule has 3 atom stereocenters. The minimum absolute atomic E-state index is 0.199. The minimum atomic E-state index is -0.628. The van der Waals surface area contributed by atoms with E-state index in [0.29, 0.717) is 5.56 Å². The minimum Gasteiger partial charge on any atom is -0.507 e. The molecular weight excluding hydrogens is 264 g/mol. The summed E-state index contributed by atoms with van der Waals surface area (Å²) < 4.78 is 0. The molecule has 3 unspecified atom stereocenters. The van der Waals surface area contributed by atoms with Crippen molar-refractivity contribution in [1.29, 1.82) is 0 Å². The molecule has 2 aliphatic heterocycles. The number of nitrogens with zero attached hydrogens (tertiary/aromatic N) is 2. The maximum absolute atomic E-state index is 10.1. The number of aliphatic hydroxyl groups excluding tert-OH is 1. The predicted molar refractivity (Wildman–Crippen MR) is 84.7 cm³/mol. The Morgan fingerprint density at radius 2 is 2.05 bits per heavy atom. The average molecular weight is 290 g/mol. The van der Waals surface area contributed by atoms with Crippen LogP contribution in [-0.2, 0) is 0 Å². The number of rotatable bonds is 2. The van der Waals surface area contributed by atoms with Gasteiger partial charge in [0.1, 0.15) is 5.75 Å². The van der Waals surface area contributed by atoms with Crippen molar-refractivity contribution in [2.75, 3.05) is 31.6 Å². The predicted octanol–water partition coefficient (Wildman–Crippen LogP) is 2.37. The van der Waals surface area contributed by atoms with Crippen LogP contribution in [0.15, 0.2) is 18.2 Å². The molecule has 0 spiro atoms. The van der Waals surface area contributed by atoms with E-state index in [9.17, 15) is 10.2 Å². The quantitative estimate of drug-likeness (QED) is 0.878. The highest BCUT2D eigenvalue weighted by atomic mass is 16.3. The number of phenols is 1. The zero-order valence-corrected chi connectivity index (χ0v) is 13.0. The maximum Gasteiger partial charge on any atom is 0.123 e. The van der Waals surface area contributed by atoms with Gasteiger partial charge in [0.2, 0.25) is 0 Å². The van der Waals surface area contributed by atoms with Gasteiger partial charge >= 0.3 is 0 Å². The van der Waals surface area contributed by atoms with Crippen LogP contribution >= 0.6 is 0 Å². The lowest BCUT2D eigenvalue weighted by Crippen LogP contribution is -2.52. The Balaban J connectivity index is 1.75. The number of piperidine rings is 2. The molecule has 4 heteroatoms. The Bertz CT molecular complexity index is 504. The summed E-state index contributed by atoms with van der Waals surface area (Å²) in [4.78, 5) is 4.89. The van der Waals surface area contributed by atoms with Crippen molar-refractivity contribution in [3.05, 3.63) is 23.8 Å². The molecule has 2 saturated heterocycles. The van der Waals surface area contributed by atoms with E-state index < -0.39 is 6.10 Å². The molecule has 0 aliphatic carbocycles. The summed E-state index contributed by atoms with van der Waals surface area (Å²) in [6.07, 6.45) is 3.16. The summed E-state index contributed by atoms with van der Waals surface area (Å²) in [5, 5.41) is 19.7. The number of aromatic hydroxyl groups is 1. The zero-order chi connectivity index (χ0) is 15.0. The van der Waals surface area contributed by atoms with Crippen LogP contribution in [0.2, 0.25) is 0 Å². The molecule has 1 aromatic rings. The highest BCUT2D eigenvalue weighted by Crippen LogP contribution is 2.34. The van der Waals surface area contributed by atoms with Gasteiger partial charge in [0.25, 0.3) is 0 Å². The number of likely N-dealkylation sites (tertiary alicyclic amines) is 1. The monoisotopic (exact) mass is 290 g/mol. The molecule has 0 saturated carbocycles. The third kappa shape index (κ3) is 2.87. The van der Waals surface area contributed by atoms with Crippen LogP contribution in [0, 0.1) is 5.92 Å². The van der Waals surface area contributed by atoms with Gasteiger partial charge in [-0.25, -0.2) is 0 Å². The fraction of sp³-hybridized carbons (Fsp3) is 0.647.